The lowest BCUT2D eigenvalue weighted by Gasteiger charge is -2.07. The number of hydrogen-bond acceptors (Lipinski definition) is 4. The number of aromatic nitrogens is 2. The van der Waals surface area contributed by atoms with Crippen LogP contribution < -0.4 is 0 Å². The molecule has 0 saturated heterocycles. The molecule has 1 atom stereocenters. The van der Waals surface area contributed by atoms with E-state index in [1.165, 1.54) is 0 Å². The molecule has 84 valence electrons. The van der Waals surface area contributed by atoms with Crippen molar-refractivity contribution in [2.24, 2.45) is 0 Å². The van der Waals surface area contributed by atoms with Crippen molar-refractivity contribution in [2.45, 2.75) is 20.0 Å². The summed E-state index contributed by atoms with van der Waals surface area (Å²) in [5.41, 5.74) is 1.60. The Morgan fingerprint density at radius 3 is 2.75 bits per heavy atom. The van der Waals surface area contributed by atoms with Crippen LogP contribution in [0.15, 0.2) is 22.1 Å². The summed E-state index contributed by atoms with van der Waals surface area (Å²) >= 11 is 4.99. The standard InChI is InChI=1S/C11H11BrN2OS/c1-6-9(7(2)15)4-13-11(14-6)10-3-8(12)5-16-10/h3-5,7,15H,1-2H3/t7-/m1/s1. The van der Waals surface area contributed by atoms with Crippen molar-refractivity contribution in [3.05, 3.63) is 33.4 Å². The highest BCUT2D eigenvalue weighted by Crippen LogP contribution is 2.28. The largest absolute Gasteiger partial charge is 0.389 e. The highest BCUT2D eigenvalue weighted by molar-refractivity contribution is 9.10. The first-order chi connectivity index (χ1) is 7.58. The van der Waals surface area contributed by atoms with Crippen LogP contribution in [0, 0.1) is 6.92 Å². The summed E-state index contributed by atoms with van der Waals surface area (Å²) in [6, 6.07) is 1.99. The molecule has 3 nitrogen and oxygen atoms in total. The van der Waals surface area contributed by atoms with E-state index < -0.39 is 6.10 Å². The molecule has 0 amide bonds. The third-order valence-corrected chi connectivity index (χ3v) is 3.94. The van der Waals surface area contributed by atoms with Gasteiger partial charge in [-0.2, -0.15) is 0 Å². The highest BCUT2D eigenvalue weighted by atomic mass is 79.9. The molecule has 0 saturated carbocycles. The van der Waals surface area contributed by atoms with E-state index in [0.29, 0.717) is 5.82 Å². The number of aryl methyl sites for hydroxylation is 1. The fourth-order valence-corrected chi connectivity index (χ4v) is 2.80. The molecule has 2 aromatic rings. The molecule has 0 bridgehead atoms. The van der Waals surface area contributed by atoms with Crippen LogP contribution in [-0.4, -0.2) is 15.1 Å². The van der Waals surface area contributed by atoms with Crippen LogP contribution in [0.1, 0.15) is 24.3 Å². The third-order valence-electron chi connectivity index (χ3n) is 2.26. The molecule has 1 N–H and O–H groups in total. The second-order valence-electron chi connectivity index (χ2n) is 3.54. The number of rotatable bonds is 2. The van der Waals surface area contributed by atoms with Crippen molar-refractivity contribution in [1.29, 1.82) is 0 Å². The van der Waals surface area contributed by atoms with Gasteiger partial charge < -0.3 is 5.11 Å². The number of nitrogens with zero attached hydrogens (tertiary/aromatic N) is 2. The summed E-state index contributed by atoms with van der Waals surface area (Å²) in [4.78, 5) is 9.68. The zero-order chi connectivity index (χ0) is 11.7. The molecule has 0 aliphatic heterocycles. The smallest absolute Gasteiger partial charge is 0.169 e. The third kappa shape index (κ3) is 2.31. The number of halogens is 1. The van der Waals surface area contributed by atoms with Gasteiger partial charge >= 0.3 is 0 Å². The first kappa shape index (κ1) is 11.7. The van der Waals surface area contributed by atoms with Crippen molar-refractivity contribution < 1.29 is 5.11 Å². The topological polar surface area (TPSA) is 46.0 Å². The highest BCUT2D eigenvalue weighted by Gasteiger charge is 2.10. The fourth-order valence-electron chi connectivity index (χ4n) is 1.44. The molecule has 5 heteroatoms. The molecule has 0 fully saturated rings. The molecule has 0 aliphatic rings. The lowest BCUT2D eigenvalue weighted by atomic mass is 10.1. The van der Waals surface area contributed by atoms with Crippen molar-refractivity contribution in [3.8, 4) is 10.7 Å². The van der Waals surface area contributed by atoms with Gasteiger partial charge in [-0.15, -0.1) is 11.3 Å². The number of aliphatic hydroxyl groups is 1. The van der Waals surface area contributed by atoms with E-state index in [0.717, 1.165) is 20.6 Å². The van der Waals surface area contributed by atoms with E-state index in [-0.39, 0.29) is 0 Å². The van der Waals surface area contributed by atoms with Crippen LogP contribution in [0.4, 0.5) is 0 Å². The van der Waals surface area contributed by atoms with Crippen LogP contribution in [0.2, 0.25) is 0 Å². The summed E-state index contributed by atoms with van der Waals surface area (Å²) in [7, 11) is 0. The predicted octanol–water partition coefficient (Wildman–Crippen LogP) is 3.33. The van der Waals surface area contributed by atoms with E-state index in [4.69, 9.17) is 0 Å². The summed E-state index contributed by atoms with van der Waals surface area (Å²) in [5.74, 6) is 0.706. The number of hydrogen-bond donors (Lipinski definition) is 1. The second-order valence-corrected chi connectivity index (χ2v) is 5.37. The Morgan fingerprint density at radius 2 is 2.25 bits per heavy atom. The van der Waals surface area contributed by atoms with E-state index >= 15 is 0 Å². The first-order valence-electron chi connectivity index (χ1n) is 4.84. The van der Waals surface area contributed by atoms with E-state index in [2.05, 4.69) is 25.9 Å². The Balaban J connectivity index is 2.42. The van der Waals surface area contributed by atoms with Gasteiger partial charge in [0, 0.05) is 27.3 Å². The lowest BCUT2D eigenvalue weighted by molar-refractivity contribution is 0.197. The van der Waals surface area contributed by atoms with Crippen LogP contribution in [0.3, 0.4) is 0 Å². The lowest BCUT2D eigenvalue weighted by Crippen LogP contribution is -2.00. The molecule has 2 heterocycles. The van der Waals surface area contributed by atoms with Crippen LogP contribution >= 0.6 is 27.3 Å². The van der Waals surface area contributed by atoms with Gasteiger partial charge in [0.2, 0.25) is 0 Å². The first-order valence-corrected chi connectivity index (χ1v) is 6.51. The molecule has 16 heavy (non-hydrogen) atoms. The predicted molar refractivity (Wildman–Crippen MR) is 68.4 cm³/mol. The second kappa shape index (κ2) is 4.61. The van der Waals surface area contributed by atoms with E-state index in [1.54, 1.807) is 24.5 Å². The monoisotopic (exact) mass is 298 g/mol. The van der Waals surface area contributed by atoms with Crippen LogP contribution in [0.5, 0.6) is 0 Å². The molecule has 0 aromatic carbocycles. The van der Waals surface area contributed by atoms with Crippen molar-refractivity contribution >= 4 is 27.3 Å². The molecular weight excluding hydrogens is 288 g/mol. The maximum atomic E-state index is 9.49. The van der Waals surface area contributed by atoms with Gasteiger partial charge in [-0.3, -0.25) is 0 Å². The summed E-state index contributed by atoms with van der Waals surface area (Å²) in [5, 5.41) is 11.5. The molecule has 0 spiro atoms. The van der Waals surface area contributed by atoms with Gasteiger partial charge in [0.25, 0.3) is 0 Å². The molecule has 2 rings (SSSR count). The normalized spacial score (nSPS) is 12.8. The summed E-state index contributed by atoms with van der Waals surface area (Å²) in [6.07, 6.45) is 1.17. The Bertz CT molecular complexity index is 510. The van der Waals surface area contributed by atoms with Gasteiger partial charge in [0.05, 0.1) is 11.0 Å². The Morgan fingerprint density at radius 1 is 1.50 bits per heavy atom. The van der Waals surface area contributed by atoms with E-state index in [9.17, 15) is 5.11 Å². The van der Waals surface area contributed by atoms with Gasteiger partial charge in [0.1, 0.15) is 0 Å². The van der Waals surface area contributed by atoms with Gasteiger partial charge in [-0.25, -0.2) is 9.97 Å². The average molecular weight is 299 g/mol. The summed E-state index contributed by atoms with van der Waals surface area (Å²) < 4.78 is 1.04. The van der Waals surface area contributed by atoms with Gasteiger partial charge in [-0.1, -0.05) is 0 Å². The van der Waals surface area contributed by atoms with Crippen LogP contribution in [-0.2, 0) is 0 Å². The Labute approximate surface area is 106 Å². The Kier molecular flexibility index (Phi) is 3.37. The van der Waals surface area contributed by atoms with Crippen LogP contribution in [0.25, 0.3) is 10.7 Å². The molecule has 0 unspecified atom stereocenters. The number of thiophene rings is 1. The molecule has 2 aromatic heterocycles. The summed E-state index contributed by atoms with van der Waals surface area (Å²) in [6.45, 7) is 3.60. The molecule has 0 radical (unpaired) electrons. The minimum absolute atomic E-state index is 0.524. The molecular formula is C11H11BrN2OS. The quantitative estimate of drug-likeness (QED) is 0.925. The minimum Gasteiger partial charge on any atom is -0.389 e. The zero-order valence-corrected chi connectivity index (χ0v) is 11.3. The number of aliphatic hydroxyl groups excluding tert-OH is 1. The van der Waals surface area contributed by atoms with Crippen molar-refractivity contribution in [1.82, 2.24) is 9.97 Å². The molecule has 0 aliphatic carbocycles. The average Bonchev–Trinajstić information content (AvgIpc) is 2.64. The fraction of sp³-hybridized carbons (Fsp3) is 0.273. The Hall–Kier alpha value is -0.780. The zero-order valence-electron chi connectivity index (χ0n) is 8.94. The maximum absolute atomic E-state index is 9.49. The van der Waals surface area contributed by atoms with Crippen molar-refractivity contribution in [3.63, 3.8) is 0 Å². The maximum Gasteiger partial charge on any atom is 0.169 e. The van der Waals surface area contributed by atoms with Crippen molar-refractivity contribution in [2.75, 3.05) is 0 Å². The van der Waals surface area contributed by atoms with Gasteiger partial charge in [0.15, 0.2) is 5.82 Å². The van der Waals surface area contributed by atoms with E-state index in [1.807, 2.05) is 18.4 Å². The SMILES string of the molecule is Cc1nc(-c2cc(Br)cs2)ncc1[C@@H](C)O. The minimum atomic E-state index is -0.524. The van der Waals surface area contributed by atoms with Gasteiger partial charge in [-0.05, 0) is 35.8 Å².